The van der Waals surface area contributed by atoms with Gasteiger partial charge in [0, 0.05) is 5.02 Å². The SMILES string of the molecule is COc1ccc(C(Cl)C2C3CC4CC(C3)CC2C4)c(Cl)c1. The lowest BCUT2D eigenvalue weighted by atomic mass is 9.51. The Balaban J connectivity index is 1.61. The number of hydrogen-bond acceptors (Lipinski definition) is 1. The minimum Gasteiger partial charge on any atom is -0.497 e. The van der Waals surface area contributed by atoms with E-state index in [4.69, 9.17) is 27.9 Å². The molecule has 1 nitrogen and oxygen atoms in total. The molecule has 0 aromatic heterocycles. The Kier molecular flexibility index (Phi) is 3.62. The highest BCUT2D eigenvalue weighted by atomic mass is 35.5. The summed E-state index contributed by atoms with van der Waals surface area (Å²) < 4.78 is 5.24. The molecule has 4 fully saturated rings. The Morgan fingerprint density at radius 2 is 1.67 bits per heavy atom. The van der Waals surface area contributed by atoms with Gasteiger partial charge < -0.3 is 4.74 Å². The predicted octanol–water partition coefficient (Wildman–Crippen LogP) is 5.70. The highest BCUT2D eigenvalue weighted by molar-refractivity contribution is 6.33. The van der Waals surface area contributed by atoms with Gasteiger partial charge in [-0.15, -0.1) is 11.6 Å². The Labute approximate surface area is 137 Å². The van der Waals surface area contributed by atoms with E-state index in [0.29, 0.717) is 5.92 Å². The molecule has 4 saturated carbocycles. The van der Waals surface area contributed by atoms with Crippen molar-refractivity contribution >= 4 is 23.2 Å². The molecule has 0 radical (unpaired) electrons. The standard InChI is InChI=1S/C18H22Cl2O/c1-21-14-2-3-15(16(19)9-14)18(20)17-12-5-10-4-11(7-12)8-13(17)6-10/h2-3,9-13,17-18H,4-8H2,1H3. The zero-order chi connectivity index (χ0) is 14.6. The summed E-state index contributed by atoms with van der Waals surface area (Å²) in [7, 11) is 1.67. The molecule has 114 valence electrons. The van der Waals surface area contributed by atoms with Crippen molar-refractivity contribution in [1.29, 1.82) is 0 Å². The number of ether oxygens (including phenoxy) is 1. The van der Waals surface area contributed by atoms with Crippen LogP contribution in [-0.4, -0.2) is 7.11 Å². The van der Waals surface area contributed by atoms with Gasteiger partial charge >= 0.3 is 0 Å². The van der Waals surface area contributed by atoms with Crippen LogP contribution in [0.3, 0.4) is 0 Å². The van der Waals surface area contributed by atoms with E-state index >= 15 is 0 Å². The Bertz CT molecular complexity index is 514. The lowest BCUT2D eigenvalue weighted by molar-refractivity contribution is -0.0381. The third kappa shape index (κ3) is 2.37. The molecule has 5 rings (SSSR count). The molecule has 1 atom stereocenters. The van der Waals surface area contributed by atoms with Crippen LogP contribution in [0.15, 0.2) is 18.2 Å². The van der Waals surface area contributed by atoms with Crippen LogP contribution < -0.4 is 4.74 Å². The normalized spacial score (nSPS) is 38.5. The number of alkyl halides is 1. The first-order valence-corrected chi connectivity index (χ1v) is 8.94. The highest BCUT2D eigenvalue weighted by Gasteiger charge is 2.50. The Hall–Kier alpha value is -0.400. The fraction of sp³-hybridized carbons (Fsp3) is 0.667. The van der Waals surface area contributed by atoms with Crippen molar-refractivity contribution in [2.45, 2.75) is 37.5 Å². The molecule has 0 amide bonds. The summed E-state index contributed by atoms with van der Waals surface area (Å²) in [5, 5.41) is 0.807. The molecule has 0 saturated heterocycles. The molecule has 0 N–H and O–H groups in total. The molecule has 0 aliphatic heterocycles. The van der Waals surface area contributed by atoms with Crippen molar-refractivity contribution in [1.82, 2.24) is 0 Å². The maximum absolute atomic E-state index is 6.93. The molecule has 0 spiro atoms. The fourth-order valence-electron chi connectivity index (χ4n) is 5.51. The highest BCUT2D eigenvalue weighted by Crippen LogP contribution is 2.60. The van der Waals surface area contributed by atoms with E-state index in [1.54, 1.807) is 7.11 Å². The monoisotopic (exact) mass is 324 g/mol. The van der Waals surface area contributed by atoms with E-state index in [0.717, 1.165) is 40.0 Å². The summed E-state index contributed by atoms with van der Waals surface area (Å²) in [6.45, 7) is 0. The number of halogens is 2. The average molecular weight is 325 g/mol. The summed E-state index contributed by atoms with van der Waals surface area (Å²) >= 11 is 13.4. The van der Waals surface area contributed by atoms with Crippen LogP contribution in [0.25, 0.3) is 0 Å². The fourth-order valence-corrected chi connectivity index (χ4v) is 6.46. The smallest absolute Gasteiger partial charge is 0.120 e. The van der Waals surface area contributed by atoms with Gasteiger partial charge in [0.2, 0.25) is 0 Å². The minimum atomic E-state index is 0.0541. The predicted molar refractivity (Wildman–Crippen MR) is 87.1 cm³/mol. The third-order valence-corrected chi connectivity index (χ3v) is 7.00. The quantitative estimate of drug-likeness (QED) is 0.648. The zero-order valence-corrected chi connectivity index (χ0v) is 13.9. The minimum absolute atomic E-state index is 0.0541. The topological polar surface area (TPSA) is 9.23 Å². The Morgan fingerprint density at radius 3 is 2.19 bits per heavy atom. The molecule has 0 heterocycles. The van der Waals surface area contributed by atoms with Gasteiger partial charge in [-0.25, -0.2) is 0 Å². The van der Waals surface area contributed by atoms with Gasteiger partial charge in [0.1, 0.15) is 5.75 Å². The van der Waals surface area contributed by atoms with Crippen molar-refractivity contribution in [3.05, 3.63) is 28.8 Å². The molecule has 4 aliphatic rings. The van der Waals surface area contributed by atoms with Gasteiger partial charge in [-0.2, -0.15) is 0 Å². The lowest BCUT2D eigenvalue weighted by Gasteiger charge is -2.55. The van der Waals surface area contributed by atoms with Gasteiger partial charge in [-0.1, -0.05) is 17.7 Å². The third-order valence-electron chi connectivity index (χ3n) is 6.14. The van der Waals surface area contributed by atoms with E-state index in [1.807, 2.05) is 12.1 Å². The van der Waals surface area contributed by atoms with Gasteiger partial charge in [-0.05, 0) is 79.4 Å². The van der Waals surface area contributed by atoms with Gasteiger partial charge in [0.15, 0.2) is 0 Å². The molecule has 1 aromatic carbocycles. The van der Waals surface area contributed by atoms with Crippen molar-refractivity contribution in [2.75, 3.05) is 7.11 Å². The summed E-state index contributed by atoms with van der Waals surface area (Å²) in [5.41, 5.74) is 1.09. The Morgan fingerprint density at radius 1 is 1.05 bits per heavy atom. The van der Waals surface area contributed by atoms with Crippen LogP contribution >= 0.6 is 23.2 Å². The van der Waals surface area contributed by atoms with Crippen LogP contribution in [-0.2, 0) is 0 Å². The first-order valence-electron chi connectivity index (χ1n) is 8.13. The van der Waals surface area contributed by atoms with Gasteiger partial charge in [0.05, 0.1) is 12.5 Å². The van der Waals surface area contributed by atoms with E-state index < -0.39 is 0 Å². The molecule has 3 heteroatoms. The molecular weight excluding hydrogens is 303 g/mol. The van der Waals surface area contributed by atoms with Crippen LogP contribution in [0.1, 0.15) is 43.0 Å². The molecule has 4 aliphatic carbocycles. The van der Waals surface area contributed by atoms with E-state index in [2.05, 4.69) is 6.07 Å². The van der Waals surface area contributed by atoms with Crippen molar-refractivity contribution in [3.8, 4) is 5.75 Å². The maximum atomic E-state index is 6.93. The van der Waals surface area contributed by atoms with Crippen molar-refractivity contribution in [3.63, 3.8) is 0 Å². The number of benzene rings is 1. The van der Waals surface area contributed by atoms with Crippen LogP contribution in [0.5, 0.6) is 5.75 Å². The number of methoxy groups -OCH3 is 1. The zero-order valence-electron chi connectivity index (χ0n) is 12.4. The average Bonchev–Trinajstić information content (AvgIpc) is 2.45. The molecular formula is C18H22Cl2O. The lowest BCUT2D eigenvalue weighted by Crippen LogP contribution is -2.46. The molecule has 4 bridgehead atoms. The number of hydrogen-bond donors (Lipinski definition) is 0. The second-order valence-corrected chi connectivity index (χ2v) is 8.17. The van der Waals surface area contributed by atoms with Crippen molar-refractivity contribution in [2.24, 2.45) is 29.6 Å². The summed E-state index contributed by atoms with van der Waals surface area (Å²) in [6.07, 6.45) is 7.07. The van der Waals surface area contributed by atoms with Gasteiger partial charge in [0.25, 0.3) is 0 Å². The van der Waals surface area contributed by atoms with E-state index in [1.165, 1.54) is 32.1 Å². The van der Waals surface area contributed by atoms with Crippen LogP contribution in [0.2, 0.25) is 5.02 Å². The molecule has 1 unspecified atom stereocenters. The molecule has 1 aromatic rings. The van der Waals surface area contributed by atoms with E-state index in [-0.39, 0.29) is 5.38 Å². The molecule has 21 heavy (non-hydrogen) atoms. The summed E-state index contributed by atoms with van der Waals surface area (Å²) in [5.74, 6) is 5.03. The largest absolute Gasteiger partial charge is 0.497 e. The maximum Gasteiger partial charge on any atom is 0.120 e. The summed E-state index contributed by atoms with van der Waals surface area (Å²) in [6, 6.07) is 5.93. The number of rotatable bonds is 3. The van der Waals surface area contributed by atoms with Gasteiger partial charge in [-0.3, -0.25) is 0 Å². The second-order valence-electron chi connectivity index (χ2n) is 7.30. The van der Waals surface area contributed by atoms with Crippen molar-refractivity contribution < 1.29 is 4.74 Å². The first-order chi connectivity index (χ1) is 10.2. The van der Waals surface area contributed by atoms with Crippen LogP contribution in [0.4, 0.5) is 0 Å². The van der Waals surface area contributed by atoms with Crippen LogP contribution in [0, 0.1) is 29.6 Å². The van der Waals surface area contributed by atoms with E-state index in [9.17, 15) is 0 Å². The summed E-state index contributed by atoms with van der Waals surface area (Å²) in [4.78, 5) is 0. The first kappa shape index (κ1) is 14.2. The second kappa shape index (κ2) is 5.35.